The Hall–Kier alpha value is -8.42. The zero-order valence-corrected chi connectivity index (χ0v) is 37.6. The second kappa shape index (κ2) is 16.7. The summed E-state index contributed by atoms with van der Waals surface area (Å²) >= 11 is 0. The van der Waals surface area contributed by atoms with Crippen molar-refractivity contribution in [1.29, 1.82) is 0 Å². The lowest BCUT2D eigenvalue weighted by Gasteiger charge is -2.37. The largest absolute Gasteiger partial charge is 0.458 e. The Bertz CT molecular complexity index is 4450. The molecule has 2 aliphatic rings. The number of imidazole rings is 1. The molecule has 0 spiro atoms. The third-order valence-corrected chi connectivity index (χ3v) is 12.6. The van der Waals surface area contributed by atoms with Gasteiger partial charge in [0.05, 0.1) is 48.8 Å². The highest BCUT2D eigenvalue weighted by Crippen LogP contribution is 2.38. The van der Waals surface area contributed by atoms with Crippen LogP contribution in [0.5, 0.6) is 11.5 Å². The van der Waals surface area contributed by atoms with E-state index in [4.69, 9.17) is 26.2 Å². The Morgan fingerprint density at radius 3 is 2.13 bits per heavy atom. The van der Waals surface area contributed by atoms with Crippen LogP contribution in [0.2, 0.25) is 0 Å². The molecule has 7 aromatic carbocycles. The summed E-state index contributed by atoms with van der Waals surface area (Å²) in [6.45, 7) is -0.883. The van der Waals surface area contributed by atoms with Crippen LogP contribution in [0.15, 0.2) is 212 Å². The molecule has 0 atom stereocenters. The van der Waals surface area contributed by atoms with Gasteiger partial charge in [0, 0.05) is 37.0 Å². The Morgan fingerprint density at radius 1 is 0.696 bits per heavy atom. The van der Waals surface area contributed by atoms with Gasteiger partial charge in [0.2, 0.25) is 0 Å². The molecule has 7 heteroatoms. The highest BCUT2D eigenvalue weighted by molar-refractivity contribution is 6.84. The second-order valence-electron chi connectivity index (χ2n) is 17.8. The summed E-state index contributed by atoms with van der Waals surface area (Å²) in [5.74, 6) is 1.40. The number of aromatic nitrogens is 4. The van der Waals surface area contributed by atoms with Crippen LogP contribution in [0, 0.1) is 20.0 Å². The Morgan fingerprint density at radius 2 is 1.39 bits per heavy atom. The summed E-state index contributed by atoms with van der Waals surface area (Å²) < 4.78 is 165. The maximum atomic E-state index is 10.3. The van der Waals surface area contributed by atoms with E-state index in [2.05, 4.69) is 37.7 Å². The first kappa shape index (κ1) is 27.4. The number of hydrogen-bond donors (Lipinski definition) is 0. The Balaban J connectivity index is 1.18. The maximum absolute atomic E-state index is 10.3. The SMILES string of the molecule is [2H]C1=C2C=CC=CN2B(c2c(C([2H])([2H])[2H])cccc2C([2H])([2H])[2H])c2c1[n+](-c1c(-c3c([2H])c([2H])c([2H])c([2H])c3[2H])cccc1-c1c([2H])c([2H])c([2H])c([2H])c1[2H])[c-]n2-c1cccc(Oc2ccc3c4ccccc4n(-c4cc(C(C)(C)C)ccn4)c3c2)c1. The molecule has 2 aliphatic heterocycles. The van der Waals surface area contributed by atoms with Crippen LogP contribution in [0.25, 0.3) is 67.3 Å². The molecule has 10 aromatic rings. The van der Waals surface area contributed by atoms with Gasteiger partial charge in [-0.15, -0.1) is 0 Å². The topological polar surface area (TPSA) is 39.1 Å². The van der Waals surface area contributed by atoms with Crippen molar-refractivity contribution in [1.82, 2.24) is 18.9 Å². The Labute approximate surface area is 428 Å². The Kier molecular flexibility index (Phi) is 6.64. The van der Waals surface area contributed by atoms with Gasteiger partial charge in [0.15, 0.2) is 0 Å². The molecule has 12 rings (SSSR count). The second-order valence-corrected chi connectivity index (χ2v) is 17.8. The standard InChI is InChI=1S/C62H50BN5O/c1-42-19-16-20-43(2)59(42)63-61-57(39-48-25-14-15-36-67(48)63)66(60-51(44-21-8-6-9-22-44)29-18-30-52(60)45-23-10-7-11-24-45)41-65(61)47-26-17-27-49(38-47)69-50-32-33-54-53-28-12-13-31-55(53)68(56(54)40-50)58-37-46(34-35-64-58)62(3,4)5/h6-40H,1-5H3/i1D3,2D3,6D,7D,8D,9D,10D,11D,21D,22D,23D,24D,39D. The minimum absolute atomic E-state index is 0.0526. The number of aryl methyl sites for hydroxylation is 2. The van der Waals surface area contributed by atoms with E-state index in [-0.39, 0.29) is 84.4 Å². The summed E-state index contributed by atoms with van der Waals surface area (Å²) in [6, 6.07) is 25.9. The van der Waals surface area contributed by atoms with Crippen molar-refractivity contribution < 1.29 is 32.6 Å². The van der Waals surface area contributed by atoms with Gasteiger partial charge >= 0.3 is 6.85 Å². The van der Waals surface area contributed by atoms with Gasteiger partial charge in [-0.25, -0.2) is 4.98 Å². The molecule has 3 aromatic heterocycles. The van der Waals surface area contributed by atoms with E-state index in [1.807, 2.05) is 48.5 Å². The fourth-order valence-corrected chi connectivity index (χ4v) is 9.38. The molecule has 0 amide bonds. The third kappa shape index (κ3) is 7.29. The highest BCUT2D eigenvalue weighted by atomic mass is 16.5. The van der Waals surface area contributed by atoms with Crippen LogP contribution in [0.4, 0.5) is 0 Å². The van der Waals surface area contributed by atoms with Crippen molar-refractivity contribution in [3.8, 4) is 50.9 Å². The normalized spacial score (nSPS) is 17.2. The van der Waals surface area contributed by atoms with Crippen molar-refractivity contribution in [2.45, 2.75) is 39.9 Å². The zero-order chi connectivity index (χ0) is 61.4. The minimum Gasteiger partial charge on any atom is -0.458 e. The summed E-state index contributed by atoms with van der Waals surface area (Å²) in [5.41, 5.74) is 1.15. The lowest BCUT2D eigenvalue weighted by Crippen LogP contribution is -2.61. The molecular weight excluding hydrogens is 842 g/mol. The summed E-state index contributed by atoms with van der Waals surface area (Å²) in [7, 11) is 0. The lowest BCUT2D eigenvalue weighted by molar-refractivity contribution is -0.599. The van der Waals surface area contributed by atoms with Gasteiger partial charge < -0.3 is 9.55 Å². The van der Waals surface area contributed by atoms with E-state index >= 15 is 0 Å². The molecule has 0 bridgehead atoms. The van der Waals surface area contributed by atoms with E-state index in [1.165, 1.54) is 45.5 Å². The first-order valence-corrected chi connectivity index (χ1v) is 22.3. The molecular formula is C62H50BN5O. The molecule has 0 radical (unpaired) electrons. The number of hydrogen-bond acceptors (Lipinski definition) is 3. The van der Waals surface area contributed by atoms with Gasteiger partial charge in [-0.05, 0) is 120 Å². The van der Waals surface area contributed by atoms with Crippen molar-refractivity contribution in [3.63, 3.8) is 0 Å². The van der Waals surface area contributed by atoms with Crippen LogP contribution in [0.3, 0.4) is 0 Å². The van der Waals surface area contributed by atoms with Gasteiger partial charge in [0.1, 0.15) is 17.3 Å². The summed E-state index contributed by atoms with van der Waals surface area (Å²) in [4.78, 5) is 6.43. The van der Waals surface area contributed by atoms with E-state index in [0.717, 1.165) is 27.4 Å². The molecule has 0 fully saturated rings. The first-order chi connectivity index (χ1) is 40.7. The molecule has 0 unspecified atom stereocenters. The smallest absolute Gasteiger partial charge is 0.325 e. The number of para-hydroxylation sites is 2. The number of ether oxygens (including phenoxy) is 1. The van der Waals surface area contributed by atoms with E-state index in [9.17, 15) is 6.85 Å². The number of fused-ring (bicyclic) bond motifs is 5. The van der Waals surface area contributed by atoms with Crippen LogP contribution in [0.1, 0.15) is 66.5 Å². The van der Waals surface area contributed by atoms with Crippen LogP contribution < -0.4 is 20.4 Å². The molecule has 0 N–H and O–H groups in total. The van der Waals surface area contributed by atoms with Crippen LogP contribution >= 0.6 is 0 Å². The van der Waals surface area contributed by atoms with E-state index < -0.39 is 81.0 Å². The molecule has 0 saturated heterocycles. The fraction of sp³-hybridized carbons (Fsp3) is 0.0968. The van der Waals surface area contributed by atoms with Crippen molar-refractivity contribution in [2.75, 3.05) is 0 Å². The summed E-state index contributed by atoms with van der Waals surface area (Å²) in [6.07, 6.45) is 11.7. The minimum atomic E-state index is -2.93. The number of benzene rings is 7. The molecule has 0 aliphatic carbocycles. The van der Waals surface area contributed by atoms with Crippen molar-refractivity contribution >= 4 is 45.8 Å². The van der Waals surface area contributed by atoms with Crippen molar-refractivity contribution in [3.05, 3.63) is 241 Å². The molecule has 69 heavy (non-hydrogen) atoms. The monoisotopic (exact) mass is 909 g/mol. The average Bonchev–Trinajstić information content (AvgIpc) is 1.44. The fourth-order valence-electron chi connectivity index (χ4n) is 9.38. The van der Waals surface area contributed by atoms with Crippen LogP contribution in [-0.4, -0.2) is 25.8 Å². The van der Waals surface area contributed by atoms with Crippen LogP contribution in [-0.2, 0) is 5.41 Å². The predicted molar refractivity (Wildman–Crippen MR) is 283 cm³/mol. The number of allylic oxidation sites excluding steroid dienone is 3. The zero-order valence-electron chi connectivity index (χ0n) is 54.6. The average molecular weight is 909 g/mol. The first-order valence-electron chi connectivity index (χ1n) is 30.8. The quantitative estimate of drug-likeness (QED) is 0.0866. The van der Waals surface area contributed by atoms with Crippen molar-refractivity contribution in [2.24, 2.45) is 0 Å². The molecule has 6 nitrogen and oxygen atoms in total. The van der Waals surface area contributed by atoms with Gasteiger partial charge in [-0.2, -0.15) is 0 Å². The number of nitrogens with zero attached hydrogens (tertiary/aromatic N) is 5. The molecule has 5 heterocycles. The molecule has 0 saturated carbocycles. The van der Waals surface area contributed by atoms with E-state index in [0.29, 0.717) is 11.6 Å². The number of rotatable bonds is 8. The van der Waals surface area contributed by atoms with E-state index in [1.54, 1.807) is 59.7 Å². The maximum Gasteiger partial charge on any atom is 0.325 e. The molecule has 332 valence electrons. The predicted octanol–water partition coefficient (Wildman–Crippen LogP) is 12.9. The van der Waals surface area contributed by atoms with Gasteiger partial charge in [0.25, 0.3) is 6.33 Å². The number of pyridine rings is 1. The third-order valence-electron chi connectivity index (χ3n) is 12.6. The lowest BCUT2D eigenvalue weighted by atomic mass is 9.47. The van der Waals surface area contributed by atoms with Gasteiger partial charge in [-0.1, -0.05) is 165 Å². The highest BCUT2D eigenvalue weighted by Gasteiger charge is 2.40. The van der Waals surface area contributed by atoms with Gasteiger partial charge in [-0.3, -0.25) is 13.7 Å². The summed E-state index contributed by atoms with van der Waals surface area (Å²) in [5, 5.41) is 1.93.